The van der Waals surface area contributed by atoms with Crippen LogP contribution in [0.5, 0.6) is 0 Å². The highest BCUT2D eigenvalue weighted by Crippen LogP contribution is 2.35. The average molecular weight is 182 g/mol. The molecule has 1 fully saturated rings. The molecule has 0 radical (unpaired) electrons. The maximum Gasteiger partial charge on any atom is 0.132 e. The molecule has 3 unspecified atom stereocenters. The Balaban J connectivity index is 2.46. The topological polar surface area (TPSA) is 17.1 Å². The summed E-state index contributed by atoms with van der Waals surface area (Å²) in [4.78, 5) is 11.2. The summed E-state index contributed by atoms with van der Waals surface area (Å²) in [5, 5.41) is 0. The molecule has 0 saturated heterocycles. The molecule has 76 valence electrons. The van der Waals surface area contributed by atoms with E-state index < -0.39 is 0 Å². The fraction of sp³-hybridized carbons (Fsp3) is 0.917. The molecule has 0 N–H and O–H groups in total. The Kier molecular flexibility index (Phi) is 3.95. The molecular formula is C12H22O. The summed E-state index contributed by atoms with van der Waals surface area (Å²) in [5.74, 6) is 2.24. The van der Waals surface area contributed by atoms with Crippen molar-refractivity contribution >= 4 is 5.78 Å². The monoisotopic (exact) mass is 182 g/mol. The van der Waals surface area contributed by atoms with E-state index in [1.54, 1.807) is 6.92 Å². The van der Waals surface area contributed by atoms with Gasteiger partial charge in [-0.1, -0.05) is 33.1 Å². The molecule has 0 aromatic heterocycles. The average Bonchev–Trinajstić information content (AvgIpc) is 2.16. The molecule has 13 heavy (non-hydrogen) atoms. The fourth-order valence-electron chi connectivity index (χ4n) is 2.49. The first-order valence-electron chi connectivity index (χ1n) is 5.65. The molecule has 3 atom stereocenters. The van der Waals surface area contributed by atoms with Crippen LogP contribution in [0.4, 0.5) is 0 Å². The van der Waals surface area contributed by atoms with Crippen LogP contribution < -0.4 is 0 Å². The van der Waals surface area contributed by atoms with Crippen molar-refractivity contribution in [2.45, 2.75) is 52.9 Å². The molecule has 1 nitrogen and oxygen atoms in total. The molecule has 1 rings (SSSR count). The van der Waals surface area contributed by atoms with Crippen molar-refractivity contribution in [3.63, 3.8) is 0 Å². The molecule has 1 heteroatoms. The third kappa shape index (κ3) is 2.82. The summed E-state index contributed by atoms with van der Waals surface area (Å²) in [6.45, 7) is 6.11. The van der Waals surface area contributed by atoms with Crippen molar-refractivity contribution < 1.29 is 4.79 Å². The van der Waals surface area contributed by atoms with Crippen LogP contribution in [0.25, 0.3) is 0 Å². The van der Waals surface area contributed by atoms with Gasteiger partial charge in [0.05, 0.1) is 0 Å². The van der Waals surface area contributed by atoms with Crippen molar-refractivity contribution in [3.05, 3.63) is 0 Å². The van der Waals surface area contributed by atoms with Crippen LogP contribution in [0.2, 0.25) is 0 Å². The standard InChI is InChI=1S/C12H22O/c1-4-11-6-5-7-12(8-11)9(2)10(3)13/h9,11-12H,4-8H2,1-3H3. The van der Waals surface area contributed by atoms with Gasteiger partial charge in [-0.3, -0.25) is 4.79 Å². The van der Waals surface area contributed by atoms with Crippen LogP contribution in [0.15, 0.2) is 0 Å². The van der Waals surface area contributed by atoms with Gasteiger partial charge in [-0.2, -0.15) is 0 Å². The van der Waals surface area contributed by atoms with Crippen molar-refractivity contribution in [1.82, 2.24) is 0 Å². The highest BCUT2D eigenvalue weighted by atomic mass is 16.1. The van der Waals surface area contributed by atoms with Gasteiger partial charge in [0, 0.05) is 5.92 Å². The quantitative estimate of drug-likeness (QED) is 0.653. The third-order valence-electron chi connectivity index (χ3n) is 3.75. The Morgan fingerprint density at radius 3 is 2.69 bits per heavy atom. The summed E-state index contributed by atoms with van der Waals surface area (Å²) in [6, 6.07) is 0. The number of ketones is 1. The Morgan fingerprint density at radius 2 is 2.15 bits per heavy atom. The molecule has 0 aliphatic heterocycles. The van der Waals surface area contributed by atoms with E-state index in [-0.39, 0.29) is 0 Å². The molecule has 0 amide bonds. The van der Waals surface area contributed by atoms with Crippen LogP contribution in [-0.2, 0) is 4.79 Å². The SMILES string of the molecule is CCC1CCCC(C(C)C(C)=O)C1. The second-order valence-corrected chi connectivity index (χ2v) is 4.60. The van der Waals surface area contributed by atoms with Gasteiger partial charge < -0.3 is 0 Å². The van der Waals surface area contributed by atoms with Gasteiger partial charge in [0.1, 0.15) is 5.78 Å². The first kappa shape index (κ1) is 10.7. The van der Waals surface area contributed by atoms with Gasteiger partial charge in [-0.15, -0.1) is 0 Å². The summed E-state index contributed by atoms with van der Waals surface area (Å²) in [6.07, 6.45) is 6.58. The number of hydrogen-bond acceptors (Lipinski definition) is 1. The van der Waals surface area contributed by atoms with Gasteiger partial charge in [0.2, 0.25) is 0 Å². The van der Waals surface area contributed by atoms with Gasteiger partial charge in [-0.05, 0) is 31.6 Å². The van der Waals surface area contributed by atoms with Crippen LogP contribution >= 0.6 is 0 Å². The molecule has 0 heterocycles. The lowest BCUT2D eigenvalue weighted by atomic mass is 9.74. The first-order chi connectivity index (χ1) is 6.15. The van der Waals surface area contributed by atoms with Gasteiger partial charge in [0.25, 0.3) is 0 Å². The lowest BCUT2D eigenvalue weighted by molar-refractivity contribution is -0.122. The number of carbonyl (C=O) groups excluding carboxylic acids is 1. The number of hydrogen-bond donors (Lipinski definition) is 0. The molecule has 1 aliphatic rings. The zero-order valence-electron chi connectivity index (χ0n) is 9.18. The summed E-state index contributed by atoms with van der Waals surface area (Å²) < 4.78 is 0. The summed E-state index contributed by atoms with van der Waals surface area (Å²) >= 11 is 0. The lowest BCUT2D eigenvalue weighted by Crippen LogP contribution is -2.24. The smallest absolute Gasteiger partial charge is 0.132 e. The molecule has 0 aromatic rings. The Labute approximate surface area is 81.9 Å². The number of Topliss-reactive ketones (excluding diaryl/α,β-unsaturated/α-hetero) is 1. The Hall–Kier alpha value is -0.330. The van der Waals surface area contributed by atoms with Crippen molar-refractivity contribution in [2.75, 3.05) is 0 Å². The van der Waals surface area contributed by atoms with Crippen LogP contribution in [0.1, 0.15) is 52.9 Å². The van der Waals surface area contributed by atoms with Gasteiger partial charge >= 0.3 is 0 Å². The molecule has 0 aromatic carbocycles. The minimum atomic E-state index is 0.300. The summed E-state index contributed by atoms with van der Waals surface area (Å²) in [5.41, 5.74) is 0. The first-order valence-corrected chi connectivity index (χ1v) is 5.65. The Morgan fingerprint density at radius 1 is 1.46 bits per heavy atom. The fourth-order valence-corrected chi connectivity index (χ4v) is 2.49. The van der Waals surface area contributed by atoms with E-state index in [0.717, 1.165) is 5.92 Å². The van der Waals surface area contributed by atoms with E-state index >= 15 is 0 Å². The van der Waals surface area contributed by atoms with E-state index in [2.05, 4.69) is 13.8 Å². The lowest BCUT2D eigenvalue weighted by Gasteiger charge is -2.31. The maximum atomic E-state index is 11.2. The van der Waals surface area contributed by atoms with Crippen molar-refractivity contribution in [1.29, 1.82) is 0 Å². The maximum absolute atomic E-state index is 11.2. The predicted octanol–water partition coefficient (Wildman–Crippen LogP) is 3.43. The largest absolute Gasteiger partial charge is 0.300 e. The highest BCUT2D eigenvalue weighted by Gasteiger charge is 2.27. The zero-order chi connectivity index (χ0) is 9.84. The number of carbonyl (C=O) groups is 1. The number of rotatable bonds is 3. The van der Waals surface area contributed by atoms with E-state index in [0.29, 0.717) is 17.6 Å². The second-order valence-electron chi connectivity index (χ2n) is 4.60. The highest BCUT2D eigenvalue weighted by molar-refractivity contribution is 5.78. The molecule has 0 spiro atoms. The van der Waals surface area contributed by atoms with E-state index in [9.17, 15) is 4.79 Å². The van der Waals surface area contributed by atoms with Crippen molar-refractivity contribution in [2.24, 2.45) is 17.8 Å². The van der Waals surface area contributed by atoms with Crippen LogP contribution in [0.3, 0.4) is 0 Å². The third-order valence-corrected chi connectivity index (χ3v) is 3.75. The predicted molar refractivity (Wildman–Crippen MR) is 55.6 cm³/mol. The van der Waals surface area contributed by atoms with E-state index in [1.165, 1.54) is 32.1 Å². The normalized spacial score (nSPS) is 31.3. The Bertz CT molecular complexity index is 174. The minimum absolute atomic E-state index is 0.300. The summed E-state index contributed by atoms with van der Waals surface area (Å²) in [7, 11) is 0. The van der Waals surface area contributed by atoms with Crippen LogP contribution in [-0.4, -0.2) is 5.78 Å². The molecular weight excluding hydrogens is 160 g/mol. The minimum Gasteiger partial charge on any atom is -0.300 e. The molecule has 1 aliphatic carbocycles. The second kappa shape index (κ2) is 4.78. The van der Waals surface area contributed by atoms with E-state index in [4.69, 9.17) is 0 Å². The van der Waals surface area contributed by atoms with E-state index in [1.807, 2.05) is 0 Å². The molecule has 1 saturated carbocycles. The van der Waals surface area contributed by atoms with Crippen molar-refractivity contribution in [3.8, 4) is 0 Å². The van der Waals surface area contributed by atoms with Gasteiger partial charge in [0.15, 0.2) is 0 Å². The molecule has 0 bridgehead atoms. The zero-order valence-corrected chi connectivity index (χ0v) is 9.18. The van der Waals surface area contributed by atoms with Gasteiger partial charge in [-0.25, -0.2) is 0 Å². The van der Waals surface area contributed by atoms with Crippen LogP contribution in [0, 0.1) is 17.8 Å².